The number of carbonyl (C=O) groups is 6. The van der Waals surface area contributed by atoms with Crippen molar-refractivity contribution >= 4 is 105 Å². The van der Waals surface area contributed by atoms with Gasteiger partial charge in [0.05, 0.1) is 0 Å². The summed E-state index contributed by atoms with van der Waals surface area (Å²) in [4.78, 5) is 92.4. The Morgan fingerprint density at radius 2 is 0.768 bits per heavy atom. The number of aryl methyl sites for hydroxylation is 2. The summed E-state index contributed by atoms with van der Waals surface area (Å²) in [5.41, 5.74) is 39.5. The molecule has 0 radical (unpaired) electrons. The summed E-state index contributed by atoms with van der Waals surface area (Å²) in [5.74, 6) is -1.22. The van der Waals surface area contributed by atoms with Crippen LogP contribution in [-0.4, -0.2) is 72.6 Å². The topological polar surface area (TPSA) is 332 Å². The second-order valence-electron chi connectivity index (χ2n) is 22.5. The summed E-state index contributed by atoms with van der Waals surface area (Å²) in [6, 6.07) is 64.5. The van der Waals surface area contributed by atoms with Crippen LogP contribution in [0.25, 0.3) is 12.2 Å². The maximum absolute atomic E-state index is 13.1. The molecule has 0 aliphatic carbocycles. The van der Waals surface area contributed by atoms with E-state index in [1.165, 1.54) is 20.2 Å². The van der Waals surface area contributed by atoms with Crippen molar-refractivity contribution in [2.75, 3.05) is 35.6 Å². The van der Waals surface area contributed by atoms with Gasteiger partial charge in [0, 0.05) is 111 Å². The van der Waals surface area contributed by atoms with Crippen LogP contribution in [0.15, 0.2) is 226 Å². The summed E-state index contributed by atoms with van der Waals surface area (Å²) in [6.45, 7) is 5.32. The highest BCUT2D eigenvalue weighted by atomic mass is 32.2. The molecule has 0 saturated heterocycles. The predicted octanol–water partition coefficient (Wildman–Crippen LogP) is 12.8. The molecule has 0 saturated carbocycles. The molecular weight excluding hydrogens is 1230 g/mol. The van der Waals surface area contributed by atoms with Gasteiger partial charge in [0.1, 0.15) is 0 Å². The number of hydrogen-bond acceptors (Lipinski definition) is 11. The molecule has 3 atom stereocenters. The number of carbonyl (C=O) groups excluding carboxylic acids is 6. The lowest BCUT2D eigenvalue weighted by molar-refractivity contribution is -0.120. The van der Waals surface area contributed by atoms with Crippen LogP contribution in [0.1, 0.15) is 115 Å². The van der Waals surface area contributed by atoms with Gasteiger partial charge in [-0.25, -0.2) is 0 Å². The maximum atomic E-state index is 13.1. The Bertz CT molecular complexity index is 3800. The van der Waals surface area contributed by atoms with Gasteiger partial charge in [0.25, 0.3) is 0 Å². The van der Waals surface area contributed by atoms with Crippen molar-refractivity contribution in [3.05, 3.63) is 249 Å². The predicted molar refractivity (Wildman–Crippen MR) is 390 cm³/mol. The number of amides is 3. The fraction of sp³-hybridized carbons (Fsp3) is 0.240. The summed E-state index contributed by atoms with van der Waals surface area (Å²) >= 11 is 3.50. The summed E-state index contributed by atoms with van der Waals surface area (Å²) in [5, 5.41) is 8.82. The third-order valence-corrected chi connectivity index (χ3v) is 16.8. The number of nitrogens with zero attached hydrogens (tertiary/aromatic N) is 3. The fourth-order valence-electron chi connectivity index (χ4n) is 9.65. The van der Waals surface area contributed by atoms with Crippen molar-refractivity contribution in [1.29, 1.82) is 0 Å². The molecule has 0 unspecified atom stereocenters. The highest BCUT2D eigenvalue weighted by molar-refractivity contribution is 7.98. The van der Waals surface area contributed by atoms with E-state index in [1.54, 1.807) is 59.5 Å². The van der Waals surface area contributed by atoms with Gasteiger partial charge < -0.3 is 50.4 Å². The number of Topliss-reactive ketones (excluding diaryl/α,β-unsaturated/α-hetero) is 3. The monoisotopic (exact) mass is 1310 g/mol. The van der Waals surface area contributed by atoms with Crippen molar-refractivity contribution < 1.29 is 28.8 Å². The molecule has 0 fully saturated rings. The van der Waals surface area contributed by atoms with E-state index in [-0.39, 0.29) is 72.2 Å². The number of nitrogens with one attached hydrogen (secondary N) is 3. The van der Waals surface area contributed by atoms with E-state index in [9.17, 15) is 28.8 Å². The van der Waals surface area contributed by atoms with Gasteiger partial charge in [-0.1, -0.05) is 157 Å². The Kier molecular flexibility index (Phi) is 31.4. The van der Waals surface area contributed by atoms with Gasteiger partial charge in [0.2, 0.25) is 17.7 Å². The molecule has 0 aliphatic rings. The average Bonchev–Trinajstić information content (AvgIpc) is 4.04. The van der Waals surface area contributed by atoms with E-state index in [0.717, 1.165) is 16.9 Å². The average molecular weight is 1320 g/mol. The number of anilines is 3. The Labute approximate surface area is 565 Å². The smallest absolute Gasteiger partial charge is 0.227 e. The van der Waals surface area contributed by atoms with Crippen molar-refractivity contribution in [3.63, 3.8) is 0 Å². The molecule has 0 bridgehead atoms. The van der Waals surface area contributed by atoms with E-state index >= 15 is 0 Å². The molecule has 1 heterocycles. The Hall–Kier alpha value is -10.4. The normalized spacial score (nSPS) is 11.6. The number of hydrogen-bond donors (Lipinski definition) is 9. The lowest BCUT2D eigenvalue weighted by Gasteiger charge is -2.16. The standard InChI is InChI=1S/2C27H30N4O2S.C21H26N4O2/c1-19-9-15-24(34-19)16-12-20-10-13-23(14-11-20)31-26(33)22(8-5-17-30-27(28)29)18-25(32)21-6-3-2-4-7-21;28-27(29)30-17-7-10-22(18-25(32)21-8-3-1-4-9-21)26(33)31-23-15-13-20(14-16-23)19-34-24-11-5-2-6-12-24;1-15-9-11-18(12-10-15)25-20(27)17(8-5-13-24-21(22)23)14-19(26)16-6-3-2-4-7-16/h2-4,6-7,9-16,22H,5,8,17-18H2,1H3,(H,31,33)(H4,28,29,30);1-6,8-9,11-16,22H,7,10,17-19H2,(H,31,33)(H4,28,29,30);2-4,6-7,9-12,17H,5,8,13-14H2,1H3,(H,25,27)(H4,22,23,24)/b16-12+;;/t2*22-;17-/m111/s1. The van der Waals surface area contributed by atoms with E-state index in [2.05, 4.69) is 68.2 Å². The zero-order valence-electron chi connectivity index (χ0n) is 53.8. The quantitative estimate of drug-likeness (QED) is 0.00623. The Morgan fingerprint density at radius 3 is 1.12 bits per heavy atom. The second-order valence-corrected chi connectivity index (χ2v) is 24.8. The minimum atomic E-state index is -0.483. The molecule has 20 heteroatoms. The molecule has 3 amide bonds. The number of aliphatic imine (C=N–C) groups is 3. The van der Waals surface area contributed by atoms with Crippen LogP contribution in [0.5, 0.6) is 0 Å². The molecule has 18 nitrogen and oxygen atoms in total. The van der Waals surface area contributed by atoms with Crippen molar-refractivity contribution in [2.24, 2.45) is 67.1 Å². The van der Waals surface area contributed by atoms with E-state index in [0.29, 0.717) is 91.9 Å². The summed E-state index contributed by atoms with van der Waals surface area (Å²) in [6.07, 6.45) is 7.87. The minimum absolute atomic E-state index is 0.0183. The first-order valence-electron chi connectivity index (χ1n) is 31.4. The SMILES string of the molecule is Cc1ccc(/C=C/c2ccc(NC(=O)[C@H](CCCN=C(N)N)CC(=O)c3ccccc3)cc2)s1.Cc1ccc(NC(=O)[C@H](CCCN=C(N)N)CC(=O)c2ccccc2)cc1.NC(N)=NCCC[C@H](CC(=O)c1ccccc1)C(=O)Nc1ccc(CSc2ccccc2)cc1. The van der Waals surface area contributed by atoms with Crippen LogP contribution >= 0.6 is 23.1 Å². The lowest BCUT2D eigenvalue weighted by atomic mass is 9.93. The number of thioether (sulfide) groups is 1. The third-order valence-electron chi connectivity index (χ3n) is 14.8. The highest BCUT2D eigenvalue weighted by Gasteiger charge is 2.25. The molecule has 15 N–H and O–H groups in total. The number of thiophene rings is 1. The number of guanidine groups is 3. The van der Waals surface area contributed by atoms with Crippen LogP contribution < -0.4 is 50.4 Å². The van der Waals surface area contributed by atoms with E-state index in [4.69, 9.17) is 34.4 Å². The van der Waals surface area contributed by atoms with Gasteiger partial charge in [-0.2, -0.15) is 0 Å². The minimum Gasteiger partial charge on any atom is -0.370 e. The van der Waals surface area contributed by atoms with Crippen molar-refractivity contribution in [1.82, 2.24) is 0 Å². The summed E-state index contributed by atoms with van der Waals surface area (Å²) in [7, 11) is 0. The molecule has 0 aliphatic heterocycles. The first-order valence-corrected chi connectivity index (χ1v) is 33.2. The van der Waals surface area contributed by atoms with Crippen LogP contribution in [0, 0.1) is 31.6 Å². The highest BCUT2D eigenvalue weighted by Crippen LogP contribution is 2.26. The maximum Gasteiger partial charge on any atom is 0.227 e. The molecular formula is C75H86N12O6S2. The van der Waals surface area contributed by atoms with Gasteiger partial charge in [-0.15, -0.1) is 23.1 Å². The first-order chi connectivity index (χ1) is 45.9. The molecule has 8 rings (SSSR count). The zero-order chi connectivity index (χ0) is 68.2. The van der Waals surface area contributed by atoms with Gasteiger partial charge in [-0.3, -0.25) is 43.7 Å². The molecule has 95 heavy (non-hydrogen) atoms. The number of rotatable bonds is 32. The van der Waals surface area contributed by atoms with Crippen LogP contribution in [0.2, 0.25) is 0 Å². The molecule has 0 spiro atoms. The number of benzene rings is 7. The molecule has 1 aromatic heterocycles. The zero-order valence-corrected chi connectivity index (χ0v) is 55.4. The molecule has 7 aromatic carbocycles. The Morgan fingerprint density at radius 1 is 0.421 bits per heavy atom. The Balaban J connectivity index is 0.000000227. The van der Waals surface area contributed by atoms with Gasteiger partial charge >= 0.3 is 0 Å². The second kappa shape index (κ2) is 40.5. The molecule has 494 valence electrons. The molecule has 8 aromatic rings. The van der Waals surface area contributed by atoms with Crippen LogP contribution in [-0.2, 0) is 20.1 Å². The van der Waals surface area contributed by atoms with Gasteiger partial charge in [-0.05, 0) is 130 Å². The van der Waals surface area contributed by atoms with Gasteiger partial charge in [0.15, 0.2) is 35.2 Å². The van der Waals surface area contributed by atoms with E-state index < -0.39 is 17.8 Å². The lowest BCUT2D eigenvalue weighted by Crippen LogP contribution is -2.26. The summed E-state index contributed by atoms with van der Waals surface area (Å²) < 4.78 is 0. The fourth-order valence-corrected chi connectivity index (χ4v) is 11.3. The van der Waals surface area contributed by atoms with Crippen LogP contribution in [0.4, 0.5) is 17.1 Å². The largest absolute Gasteiger partial charge is 0.370 e. The third kappa shape index (κ3) is 28.5. The number of nitrogens with two attached hydrogens (primary N) is 6. The first kappa shape index (κ1) is 73.6. The van der Waals surface area contributed by atoms with Crippen LogP contribution in [0.3, 0.4) is 0 Å². The number of ketones is 3. The van der Waals surface area contributed by atoms with E-state index in [1.807, 2.05) is 159 Å². The van der Waals surface area contributed by atoms with Crippen molar-refractivity contribution in [3.8, 4) is 0 Å². The van der Waals surface area contributed by atoms with Crippen molar-refractivity contribution in [2.45, 2.75) is 82.3 Å².